The monoisotopic (exact) mass is 271 g/mol. The van der Waals surface area contributed by atoms with Gasteiger partial charge in [-0.15, -0.1) is 0 Å². The Bertz CT molecular complexity index is 409. The van der Waals surface area contributed by atoms with Gasteiger partial charge in [-0.3, -0.25) is 0 Å². The van der Waals surface area contributed by atoms with E-state index in [4.69, 9.17) is 0 Å². The predicted molar refractivity (Wildman–Crippen MR) is 93.0 cm³/mol. The van der Waals surface area contributed by atoms with Crippen molar-refractivity contribution < 1.29 is 4.57 Å². The lowest BCUT2D eigenvalue weighted by molar-refractivity contribution is -0.660. The highest BCUT2D eigenvalue weighted by Crippen LogP contribution is 2.18. The molecule has 0 N–H and O–H groups in total. The summed E-state index contributed by atoms with van der Waals surface area (Å²) in [6.07, 6.45) is 2.07. The van der Waals surface area contributed by atoms with E-state index in [1.54, 1.807) is 0 Å². The van der Waals surface area contributed by atoms with E-state index in [0.717, 1.165) is 0 Å². The van der Waals surface area contributed by atoms with Gasteiger partial charge in [-0.2, -0.15) is 0 Å². The third kappa shape index (κ3) is 6.56. The van der Waals surface area contributed by atoms with Gasteiger partial charge in [0.15, 0.2) is 6.20 Å². The summed E-state index contributed by atoms with van der Waals surface area (Å²) in [4.78, 5) is 0. The fourth-order valence-corrected chi connectivity index (χ4v) is 1.66. The highest BCUT2D eigenvalue weighted by Gasteiger charge is 2.09. The molecule has 0 atom stereocenters. The number of nitrogens with zero attached hydrogens (tertiary/aromatic N) is 1. The van der Waals surface area contributed by atoms with Crippen LogP contribution in [-0.4, -0.2) is 8.41 Å². The third-order valence-corrected chi connectivity index (χ3v) is 2.48. The standard InChI is InChI=1S/C13H14N.2C2H6.CH4.B/c1-11-7-3-4-8-12(11)13-9-5-6-10-14(13)2;2*1-2;;/h3-10H,1-2H3;2*1-2H3;1H4;/q+1;;;;. The van der Waals surface area contributed by atoms with Crippen molar-refractivity contribution in [1.82, 2.24) is 0 Å². The van der Waals surface area contributed by atoms with Crippen molar-refractivity contribution in [1.29, 1.82) is 0 Å². The molecular formula is C18H30BN+. The molecule has 2 heteroatoms. The van der Waals surface area contributed by atoms with Crippen LogP contribution in [0.15, 0.2) is 48.7 Å². The zero-order chi connectivity index (χ0) is 14.0. The Balaban J connectivity index is -0.000000444. The Labute approximate surface area is 128 Å². The van der Waals surface area contributed by atoms with E-state index in [0.29, 0.717) is 0 Å². The molecule has 1 aromatic carbocycles. The van der Waals surface area contributed by atoms with Gasteiger partial charge in [-0.25, -0.2) is 4.57 Å². The summed E-state index contributed by atoms with van der Waals surface area (Å²) in [6, 6.07) is 14.7. The minimum Gasteiger partial charge on any atom is -0.201 e. The Kier molecular flexibility index (Phi) is 16.3. The van der Waals surface area contributed by atoms with E-state index < -0.39 is 0 Å². The lowest BCUT2D eigenvalue weighted by Gasteiger charge is -2.02. The lowest BCUT2D eigenvalue weighted by Crippen LogP contribution is -2.30. The minimum atomic E-state index is 0. The largest absolute Gasteiger partial charge is 0.212 e. The summed E-state index contributed by atoms with van der Waals surface area (Å²) in [6.45, 7) is 10.1. The molecule has 0 fully saturated rings. The van der Waals surface area contributed by atoms with Crippen molar-refractivity contribution in [3.63, 3.8) is 0 Å². The second-order valence-electron chi connectivity index (χ2n) is 3.51. The molecule has 2 aromatic rings. The first-order valence-corrected chi connectivity index (χ1v) is 6.80. The van der Waals surface area contributed by atoms with Crippen LogP contribution < -0.4 is 4.57 Å². The molecule has 1 nitrogen and oxygen atoms in total. The first-order valence-electron chi connectivity index (χ1n) is 6.80. The Hall–Kier alpha value is -1.57. The van der Waals surface area contributed by atoms with Crippen LogP contribution >= 0.6 is 0 Å². The van der Waals surface area contributed by atoms with Gasteiger partial charge in [-0.05, 0) is 24.6 Å². The number of aryl methyl sites for hydroxylation is 2. The Morgan fingerprint density at radius 2 is 1.30 bits per heavy atom. The molecule has 2 rings (SSSR count). The molecular weight excluding hydrogens is 241 g/mol. The van der Waals surface area contributed by atoms with E-state index in [1.807, 2.05) is 33.8 Å². The number of aromatic nitrogens is 1. The van der Waals surface area contributed by atoms with Crippen LogP contribution in [-0.2, 0) is 7.05 Å². The molecule has 20 heavy (non-hydrogen) atoms. The van der Waals surface area contributed by atoms with Gasteiger partial charge >= 0.3 is 0 Å². The van der Waals surface area contributed by atoms with E-state index in [1.165, 1.54) is 16.8 Å². The van der Waals surface area contributed by atoms with E-state index >= 15 is 0 Å². The number of hydrogen-bond acceptors (Lipinski definition) is 0. The maximum atomic E-state index is 2.16. The first kappa shape index (κ1) is 23.5. The topological polar surface area (TPSA) is 3.88 Å². The van der Waals surface area contributed by atoms with Crippen molar-refractivity contribution >= 4 is 8.41 Å². The van der Waals surface area contributed by atoms with Gasteiger partial charge in [-0.1, -0.05) is 53.3 Å². The second-order valence-corrected chi connectivity index (χ2v) is 3.51. The van der Waals surface area contributed by atoms with Gasteiger partial charge < -0.3 is 0 Å². The molecule has 3 radical (unpaired) electrons. The van der Waals surface area contributed by atoms with Crippen LogP contribution in [0.4, 0.5) is 0 Å². The molecule has 0 saturated heterocycles. The molecule has 1 aromatic heterocycles. The first-order chi connectivity index (χ1) is 8.79. The Morgan fingerprint density at radius 3 is 1.80 bits per heavy atom. The fourth-order valence-electron chi connectivity index (χ4n) is 1.66. The molecule has 0 aliphatic rings. The van der Waals surface area contributed by atoms with Crippen molar-refractivity contribution in [3.8, 4) is 11.3 Å². The summed E-state index contributed by atoms with van der Waals surface area (Å²) in [7, 11) is 2.07. The SMILES string of the molecule is C.CC.CC.Cc1ccccc1-c1cccc[n+]1C.[B]. The van der Waals surface area contributed by atoms with Gasteiger partial charge in [0, 0.05) is 26.1 Å². The van der Waals surface area contributed by atoms with Crippen LogP contribution in [0.5, 0.6) is 0 Å². The Morgan fingerprint density at radius 1 is 0.800 bits per heavy atom. The molecule has 109 valence electrons. The maximum absolute atomic E-state index is 2.16. The summed E-state index contributed by atoms with van der Waals surface area (Å²) in [5.74, 6) is 0. The smallest absolute Gasteiger partial charge is 0.201 e. The maximum Gasteiger partial charge on any atom is 0.212 e. The quantitative estimate of drug-likeness (QED) is 0.518. The van der Waals surface area contributed by atoms with E-state index in [-0.39, 0.29) is 15.8 Å². The normalized spacial score (nSPS) is 7.70. The van der Waals surface area contributed by atoms with Crippen LogP contribution in [0.1, 0.15) is 40.7 Å². The molecule has 0 aliphatic carbocycles. The van der Waals surface area contributed by atoms with Crippen LogP contribution in [0, 0.1) is 6.92 Å². The number of pyridine rings is 1. The molecule has 0 amide bonds. The fraction of sp³-hybridized carbons (Fsp3) is 0.389. The molecule has 0 unspecified atom stereocenters. The number of benzene rings is 1. The molecule has 0 bridgehead atoms. The summed E-state index contributed by atoms with van der Waals surface area (Å²) in [5.41, 5.74) is 3.87. The molecule has 0 aliphatic heterocycles. The molecule has 1 heterocycles. The molecule has 0 saturated carbocycles. The lowest BCUT2D eigenvalue weighted by atomic mass is 10.1. The second kappa shape index (κ2) is 13.9. The van der Waals surface area contributed by atoms with Crippen LogP contribution in [0.3, 0.4) is 0 Å². The zero-order valence-electron chi connectivity index (χ0n) is 13.1. The summed E-state index contributed by atoms with van der Waals surface area (Å²) in [5, 5.41) is 0. The average Bonchev–Trinajstić information content (AvgIpc) is 2.45. The highest BCUT2D eigenvalue weighted by molar-refractivity contribution is 5.75. The summed E-state index contributed by atoms with van der Waals surface area (Å²) >= 11 is 0. The van der Waals surface area contributed by atoms with Crippen molar-refractivity contribution in [2.45, 2.75) is 42.0 Å². The molecule has 0 spiro atoms. The average molecular weight is 271 g/mol. The van der Waals surface area contributed by atoms with Gasteiger partial charge in [0.1, 0.15) is 7.05 Å². The number of hydrogen-bond donors (Lipinski definition) is 0. The zero-order valence-corrected chi connectivity index (χ0v) is 13.1. The summed E-state index contributed by atoms with van der Waals surface area (Å²) < 4.78 is 2.14. The van der Waals surface area contributed by atoms with Crippen LogP contribution in [0.2, 0.25) is 0 Å². The van der Waals surface area contributed by atoms with Crippen molar-refractivity contribution in [2.75, 3.05) is 0 Å². The van der Waals surface area contributed by atoms with Gasteiger partial charge in [0.25, 0.3) is 0 Å². The minimum absolute atomic E-state index is 0. The predicted octanol–water partition coefficient (Wildman–Crippen LogP) is 4.79. The third-order valence-electron chi connectivity index (χ3n) is 2.48. The van der Waals surface area contributed by atoms with Crippen LogP contribution in [0.25, 0.3) is 11.3 Å². The number of rotatable bonds is 1. The highest BCUT2D eigenvalue weighted by atomic mass is 14.9. The van der Waals surface area contributed by atoms with E-state index in [9.17, 15) is 0 Å². The van der Waals surface area contributed by atoms with Crippen molar-refractivity contribution in [3.05, 3.63) is 54.2 Å². The van der Waals surface area contributed by atoms with E-state index in [2.05, 4.69) is 61.1 Å². The van der Waals surface area contributed by atoms with Gasteiger partial charge in [0.2, 0.25) is 5.69 Å². The van der Waals surface area contributed by atoms with Gasteiger partial charge in [0.05, 0.1) is 0 Å². The van der Waals surface area contributed by atoms with Crippen molar-refractivity contribution in [2.24, 2.45) is 7.05 Å².